The molecular formula is C19H27N3O4S3. The molecule has 1 fully saturated rings. The van der Waals surface area contributed by atoms with Gasteiger partial charge in [0.1, 0.15) is 8.42 Å². The third-order valence-corrected chi connectivity index (χ3v) is 10.4. The second-order valence-corrected chi connectivity index (χ2v) is 12.9. The number of hydrogen-bond donors (Lipinski definition) is 1. The van der Waals surface area contributed by atoms with Crippen molar-refractivity contribution in [1.29, 1.82) is 0 Å². The first-order chi connectivity index (χ1) is 13.5. The smallest absolute Gasteiger partial charge is 0.271 e. The fourth-order valence-corrected chi connectivity index (χ4v) is 7.65. The van der Waals surface area contributed by atoms with E-state index in [0.717, 1.165) is 40.6 Å². The molecule has 0 amide bonds. The molecule has 7 nitrogen and oxygen atoms in total. The molecule has 10 heteroatoms. The molecule has 160 valence electrons. The highest BCUT2D eigenvalue weighted by Crippen LogP contribution is 2.36. The highest BCUT2D eigenvalue weighted by Gasteiger charge is 2.29. The lowest BCUT2D eigenvalue weighted by Gasteiger charge is -2.41. The molecule has 1 aromatic heterocycles. The molecule has 0 bridgehead atoms. The molecule has 2 aromatic rings. The Kier molecular flexibility index (Phi) is 6.28. The number of nitrogens with zero attached hydrogens (tertiary/aromatic N) is 2. The predicted molar refractivity (Wildman–Crippen MR) is 118 cm³/mol. The fraction of sp³-hybridized carbons (Fsp3) is 0.474. The molecule has 3 rings (SSSR count). The molecule has 0 radical (unpaired) electrons. The lowest BCUT2D eigenvalue weighted by Crippen LogP contribution is -2.44. The second kappa shape index (κ2) is 8.25. The summed E-state index contributed by atoms with van der Waals surface area (Å²) in [5.74, 6) is 0. The Morgan fingerprint density at radius 3 is 2.17 bits per heavy atom. The summed E-state index contributed by atoms with van der Waals surface area (Å²) in [4.78, 5) is 2.26. The number of sulfonamides is 2. The minimum Gasteiger partial charge on any atom is -0.364 e. The van der Waals surface area contributed by atoms with E-state index >= 15 is 0 Å². The van der Waals surface area contributed by atoms with Gasteiger partial charge in [0.2, 0.25) is 0 Å². The summed E-state index contributed by atoms with van der Waals surface area (Å²) in [6.45, 7) is 4.30. The van der Waals surface area contributed by atoms with Crippen molar-refractivity contribution in [1.82, 2.24) is 4.31 Å². The van der Waals surface area contributed by atoms with E-state index in [4.69, 9.17) is 0 Å². The second-order valence-electron chi connectivity index (χ2n) is 7.52. The van der Waals surface area contributed by atoms with Crippen LogP contribution in [0.25, 0.3) is 0 Å². The summed E-state index contributed by atoms with van der Waals surface area (Å²) in [6, 6.07) is 10.6. The van der Waals surface area contributed by atoms with Crippen LogP contribution in [0.4, 0.5) is 11.4 Å². The predicted octanol–water partition coefficient (Wildman–Crippen LogP) is 3.57. The topological polar surface area (TPSA) is 86.8 Å². The highest BCUT2D eigenvalue weighted by atomic mass is 32.3. The zero-order valence-electron chi connectivity index (χ0n) is 17.0. The molecule has 1 aromatic carbocycles. The van der Waals surface area contributed by atoms with Crippen LogP contribution >= 0.6 is 11.3 Å². The Labute approximate surface area is 177 Å². The van der Waals surface area contributed by atoms with Crippen molar-refractivity contribution in [2.75, 3.05) is 23.7 Å². The van der Waals surface area contributed by atoms with Crippen LogP contribution in [-0.2, 0) is 20.0 Å². The van der Waals surface area contributed by atoms with Crippen LogP contribution in [0.15, 0.2) is 44.8 Å². The first-order valence-electron chi connectivity index (χ1n) is 9.46. The minimum absolute atomic E-state index is 0.00515. The first-order valence-corrected chi connectivity index (χ1v) is 13.2. The molecule has 2 heterocycles. The summed E-state index contributed by atoms with van der Waals surface area (Å²) in [5, 5.41) is 0. The van der Waals surface area contributed by atoms with Gasteiger partial charge in [-0.2, -0.15) is 0 Å². The molecule has 1 N–H and O–H groups in total. The first kappa shape index (κ1) is 22.1. The summed E-state index contributed by atoms with van der Waals surface area (Å²) < 4.78 is 54.2. The van der Waals surface area contributed by atoms with Crippen molar-refractivity contribution >= 4 is 42.8 Å². The van der Waals surface area contributed by atoms with Gasteiger partial charge in [0.15, 0.2) is 0 Å². The van der Waals surface area contributed by atoms with E-state index in [1.54, 1.807) is 12.1 Å². The van der Waals surface area contributed by atoms with Crippen molar-refractivity contribution in [2.24, 2.45) is 0 Å². The van der Waals surface area contributed by atoms with E-state index in [0.29, 0.717) is 17.8 Å². The van der Waals surface area contributed by atoms with E-state index in [1.165, 1.54) is 26.2 Å². The van der Waals surface area contributed by atoms with E-state index in [-0.39, 0.29) is 8.42 Å². The van der Waals surface area contributed by atoms with Gasteiger partial charge >= 0.3 is 0 Å². The maximum absolute atomic E-state index is 13.0. The van der Waals surface area contributed by atoms with Crippen LogP contribution in [0.2, 0.25) is 0 Å². The van der Waals surface area contributed by atoms with E-state index in [9.17, 15) is 16.8 Å². The largest absolute Gasteiger partial charge is 0.364 e. The minimum atomic E-state index is -3.92. The standard InChI is InChI=1S/C19H27N3O4S3/c1-14-8-7-9-15(2)22(14)17-11-6-5-10-16(17)20-28(23,24)18-12-13-19(27-18)29(25,26)21(3)4/h5-6,10-15,20H,7-9H2,1-4H3. The Hall–Kier alpha value is -1.62. The SMILES string of the molecule is CC1CCCC(C)N1c1ccccc1NS(=O)(=O)c1ccc(S(=O)(=O)N(C)C)s1. The van der Waals surface area contributed by atoms with Crippen LogP contribution in [0.5, 0.6) is 0 Å². The third kappa shape index (κ3) is 4.45. The summed E-state index contributed by atoms with van der Waals surface area (Å²) in [6.07, 6.45) is 3.27. The van der Waals surface area contributed by atoms with Crippen molar-refractivity contribution in [3.05, 3.63) is 36.4 Å². The molecule has 0 saturated carbocycles. The average Bonchev–Trinajstić information content (AvgIpc) is 3.14. The number of nitrogens with one attached hydrogen (secondary N) is 1. The maximum Gasteiger partial charge on any atom is 0.271 e. The monoisotopic (exact) mass is 457 g/mol. The maximum atomic E-state index is 13.0. The average molecular weight is 458 g/mol. The van der Waals surface area contributed by atoms with Crippen LogP contribution < -0.4 is 9.62 Å². The number of thiophene rings is 1. The van der Waals surface area contributed by atoms with E-state index < -0.39 is 20.0 Å². The van der Waals surface area contributed by atoms with Gasteiger partial charge in [0.05, 0.1) is 11.4 Å². The van der Waals surface area contributed by atoms with Crippen LogP contribution in [0, 0.1) is 0 Å². The summed E-state index contributed by atoms with van der Waals surface area (Å²) in [5.41, 5.74) is 1.34. The molecule has 2 atom stereocenters. The van der Waals surface area contributed by atoms with Crippen molar-refractivity contribution in [3.63, 3.8) is 0 Å². The zero-order chi connectivity index (χ0) is 21.4. The zero-order valence-corrected chi connectivity index (χ0v) is 19.4. The fourth-order valence-electron chi connectivity index (χ4n) is 3.64. The molecule has 0 spiro atoms. The molecule has 2 unspecified atom stereocenters. The number of anilines is 2. The Morgan fingerprint density at radius 2 is 1.55 bits per heavy atom. The molecule has 29 heavy (non-hydrogen) atoms. The van der Waals surface area contributed by atoms with Gasteiger partial charge in [-0.3, -0.25) is 4.72 Å². The number of hydrogen-bond acceptors (Lipinski definition) is 6. The van der Waals surface area contributed by atoms with Crippen molar-refractivity contribution in [2.45, 2.75) is 53.6 Å². The number of rotatable bonds is 6. The van der Waals surface area contributed by atoms with Gasteiger partial charge in [-0.05, 0) is 57.4 Å². The number of benzene rings is 1. The number of piperidine rings is 1. The van der Waals surface area contributed by atoms with Crippen LogP contribution in [0.1, 0.15) is 33.1 Å². The Balaban J connectivity index is 1.94. The molecule has 1 saturated heterocycles. The Morgan fingerprint density at radius 1 is 0.966 bits per heavy atom. The lowest BCUT2D eigenvalue weighted by atomic mass is 9.96. The van der Waals surface area contributed by atoms with Gasteiger partial charge in [0, 0.05) is 26.2 Å². The highest BCUT2D eigenvalue weighted by molar-refractivity contribution is 7.96. The van der Waals surface area contributed by atoms with Crippen LogP contribution in [-0.4, -0.2) is 47.3 Å². The Bertz CT molecular complexity index is 1070. The molecule has 0 aliphatic carbocycles. The molecule has 1 aliphatic rings. The molecular weight excluding hydrogens is 430 g/mol. The third-order valence-electron chi connectivity index (χ3n) is 5.18. The van der Waals surface area contributed by atoms with Crippen molar-refractivity contribution in [3.8, 4) is 0 Å². The lowest BCUT2D eigenvalue weighted by molar-refractivity contribution is 0.415. The van der Waals surface area contributed by atoms with Gasteiger partial charge in [0.25, 0.3) is 20.0 Å². The van der Waals surface area contributed by atoms with Gasteiger partial charge in [-0.15, -0.1) is 11.3 Å². The summed E-state index contributed by atoms with van der Waals surface area (Å²) >= 11 is 0.743. The normalized spacial score (nSPS) is 20.8. The quantitative estimate of drug-likeness (QED) is 0.717. The van der Waals surface area contributed by atoms with E-state index in [1.807, 2.05) is 12.1 Å². The van der Waals surface area contributed by atoms with E-state index in [2.05, 4.69) is 23.5 Å². The van der Waals surface area contributed by atoms with Gasteiger partial charge in [-0.25, -0.2) is 21.1 Å². The number of para-hydroxylation sites is 2. The van der Waals surface area contributed by atoms with Crippen molar-refractivity contribution < 1.29 is 16.8 Å². The van der Waals surface area contributed by atoms with Gasteiger partial charge < -0.3 is 4.90 Å². The summed E-state index contributed by atoms with van der Waals surface area (Å²) in [7, 11) is -4.76. The van der Waals surface area contributed by atoms with Gasteiger partial charge in [-0.1, -0.05) is 12.1 Å². The van der Waals surface area contributed by atoms with Crippen LogP contribution in [0.3, 0.4) is 0 Å². The molecule has 1 aliphatic heterocycles.